The first-order valence-electron chi connectivity index (χ1n) is 10.4. The summed E-state index contributed by atoms with van der Waals surface area (Å²) >= 11 is 1.30. The maximum Gasteiger partial charge on any atom is 0.261 e. The number of nitrogens with zero attached hydrogens (tertiary/aromatic N) is 1. The lowest BCUT2D eigenvalue weighted by Crippen LogP contribution is -2.14. The van der Waals surface area contributed by atoms with Crippen LogP contribution in [-0.4, -0.2) is 19.3 Å². The summed E-state index contributed by atoms with van der Waals surface area (Å²) in [5, 5.41) is 3.26. The summed E-state index contributed by atoms with van der Waals surface area (Å²) in [7, 11) is -3.70. The topological polar surface area (TPSA) is 88.2 Å². The van der Waals surface area contributed by atoms with Gasteiger partial charge in [-0.25, -0.2) is 13.4 Å². The number of anilines is 2. The second-order valence-electron chi connectivity index (χ2n) is 7.76. The zero-order chi connectivity index (χ0) is 22.1. The van der Waals surface area contributed by atoms with Gasteiger partial charge in [0.2, 0.25) is 0 Å². The maximum absolute atomic E-state index is 13.0. The van der Waals surface area contributed by atoms with Crippen molar-refractivity contribution >= 4 is 48.3 Å². The van der Waals surface area contributed by atoms with E-state index in [1.54, 1.807) is 54.6 Å². The van der Waals surface area contributed by atoms with Gasteiger partial charge in [0.15, 0.2) is 5.13 Å². The number of aromatic nitrogens is 1. The van der Waals surface area contributed by atoms with Crippen LogP contribution in [0.15, 0.2) is 71.6 Å². The normalized spacial score (nSPS) is 13.5. The number of carbonyl (C=O) groups excluding carboxylic acids is 1. The summed E-state index contributed by atoms with van der Waals surface area (Å²) in [5.41, 5.74) is 4.06. The van der Waals surface area contributed by atoms with Crippen LogP contribution >= 0.6 is 11.3 Å². The molecule has 1 aliphatic carbocycles. The molecule has 0 spiro atoms. The highest BCUT2D eigenvalue weighted by Gasteiger charge is 2.18. The largest absolute Gasteiger partial charge is 0.298 e. The van der Waals surface area contributed by atoms with Crippen molar-refractivity contribution in [2.24, 2.45) is 0 Å². The Morgan fingerprint density at radius 1 is 0.906 bits per heavy atom. The van der Waals surface area contributed by atoms with E-state index in [2.05, 4.69) is 15.0 Å². The molecule has 0 fully saturated rings. The smallest absolute Gasteiger partial charge is 0.261 e. The number of carbonyl (C=O) groups is 1. The molecule has 0 saturated carbocycles. The van der Waals surface area contributed by atoms with Crippen LogP contribution in [0.3, 0.4) is 0 Å². The average Bonchev–Trinajstić information content (AvgIpc) is 3.20. The van der Waals surface area contributed by atoms with Gasteiger partial charge in [-0.05, 0) is 79.3 Å². The highest BCUT2D eigenvalue weighted by atomic mass is 32.2. The predicted octanol–water partition coefficient (Wildman–Crippen LogP) is 5.23. The number of hydrogen-bond donors (Lipinski definition) is 2. The molecular weight excluding hydrogens is 442 g/mol. The van der Waals surface area contributed by atoms with Gasteiger partial charge in [0.25, 0.3) is 15.9 Å². The van der Waals surface area contributed by atoms with Crippen LogP contribution in [0, 0.1) is 0 Å². The molecule has 0 radical (unpaired) electrons. The van der Waals surface area contributed by atoms with Crippen molar-refractivity contribution in [2.75, 3.05) is 10.0 Å². The van der Waals surface area contributed by atoms with Crippen LogP contribution < -0.4 is 10.0 Å². The molecular formula is C24H21N3O3S2. The van der Waals surface area contributed by atoms with Crippen LogP contribution in [0.2, 0.25) is 0 Å². The van der Waals surface area contributed by atoms with Crippen molar-refractivity contribution in [1.82, 2.24) is 4.98 Å². The summed E-state index contributed by atoms with van der Waals surface area (Å²) in [6, 6.07) is 19.5. The summed E-state index contributed by atoms with van der Waals surface area (Å²) in [4.78, 5) is 17.1. The van der Waals surface area contributed by atoms with Crippen LogP contribution in [-0.2, 0) is 22.9 Å². The van der Waals surface area contributed by atoms with E-state index in [1.165, 1.54) is 16.9 Å². The van der Waals surface area contributed by atoms with Gasteiger partial charge < -0.3 is 0 Å². The third kappa shape index (κ3) is 4.24. The van der Waals surface area contributed by atoms with Crippen LogP contribution in [0.5, 0.6) is 0 Å². The third-order valence-electron chi connectivity index (χ3n) is 5.53. The molecule has 0 unspecified atom stereocenters. The Kier molecular flexibility index (Phi) is 5.40. The van der Waals surface area contributed by atoms with Crippen molar-refractivity contribution in [3.63, 3.8) is 0 Å². The molecule has 5 rings (SSSR count). The molecule has 0 bridgehead atoms. The Labute approximate surface area is 190 Å². The first-order chi connectivity index (χ1) is 15.5. The Morgan fingerprint density at radius 3 is 2.50 bits per heavy atom. The van der Waals surface area contributed by atoms with Crippen molar-refractivity contribution in [3.05, 3.63) is 83.4 Å². The molecule has 162 valence electrons. The fraction of sp³-hybridized carbons (Fsp3) is 0.167. The molecule has 1 aromatic heterocycles. The number of nitrogens with one attached hydrogen (secondary N) is 2. The van der Waals surface area contributed by atoms with Gasteiger partial charge in [-0.15, -0.1) is 0 Å². The van der Waals surface area contributed by atoms with Gasteiger partial charge >= 0.3 is 0 Å². The zero-order valence-electron chi connectivity index (χ0n) is 17.2. The van der Waals surface area contributed by atoms with E-state index in [0.717, 1.165) is 35.9 Å². The fourth-order valence-electron chi connectivity index (χ4n) is 3.89. The summed E-state index contributed by atoms with van der Waals surface area (Å²) < 4.78 is 29.4. The minimum Gasteiger partial charge on any atom is -0.298 e. The highest BCUT2D eigenvalue weighted by molar-refractivity contribution is 7.92. The lowest BCUT2D eigenvalue weighted by Gasteiger charge is -2.17. The molecule has 0 atom stereocenters. The van der Waals surface area contributed by atoms with E-state index < -0.39 is 10.0 Å². The van der Waals surface area contributed by atoms with E-state index in [-0.39, 0.29) is 10.8 Å². The first kappa shape index (κ1) is 20.7. The molecule has 0 saturated heterocycles. The van der Waals surface area contributed by atoms with Crippen molar-refractivity contribution in [2.45, 2.75) is 30.6 Å². The van der Waals surface area contributed by atoms with E-state index in [0.29, 0.717) is 21.9 Å². The van der Waals surface area contributed by atoms with Gasteiger partial charge in [0.1, 0.15) is 0 Å². The Morgan fingerprint density at radius 2 is 1.69 bits per heavy atom. The van der Waals surface area contributed by atoms with Gasteiger partial charge in [-0.1, -0.05) is 35.6 Å². The van der Waals surface area contributed by atoms with Gasteiger partial charge in [-0.2, -0.15) is 0 Å². The zero-order valence-corrected chi connectivity index (χ0v) is 18.8. The molecule has 6 nitrogen and oxygen atoms in total. The molecule has 3 aromatic carbocycles. The number of rotatable bonds is 5. The Balaban J connectivity index is 1.36. The fourth-order valence-corrected chi connectivity index (χ4v) is 5.89. The van der Waals surface area contributed by atoms with Crippen LogP contribution in [0.1, 0.15) is 34.3 Å². The molecule has 0 aliphatic heterocycles. The second-order valence-corrected chi connectivity index (χ2v) is 10.5. The summed E-state index contributed by atoms with van der Waals surface area (Å²) in [6.45, 7) is 0. The minimum absolute atomic E-state index is 0.238. The first-order valence-corrected chi connectivity index (χ1v) is 12.7. The average molecular weight is 464 g/mol. The van der Waals surface area contributed by atoms with Gasteiger partial charge in [0, 0.05) is 5.56 Å². The molecule has 4 aromatic rings. The molecule has 8 heteroatoms. The van der Waals surface area contributed by atoms with E-state index in [1.807, 2.05) is 12.1 Å². The van der Waals surface area contributed by atoms with Crippen LogP contribution in [0.25, 0.3) is 10.2 Å². The third-order valence-corrected chi connectivity index (χ3v) is 7.84. The van der Waals surface area contributed by atoms with Crippen LogP contribution in [0.4, 0.5) is 10.8 Å². The van der Waals surface area contributed by atoms with E-state index >= 15 is 0 Å². The minimum atomic E-state index is -3.70. The quantitative estimate of drug-likeness (QED) is 0.424. The number of aryl methyl sites for hydroxylation is 2. The number of fused-ring (bicyclic) bond motifs is 2. The standard InChI is InChI=1S/C24H21N3O3S2/c28-23(17-7-2-1-3-8-17)26-24-25-21-13-11-19(15-22(21)31-24)27-32(29,30)20-12-10-16-6-4-5-9-18(16)14-20/h1-3,7-8,10-15,27H,4-6,9H2,(H,25,26,28). The van der Waals surface area contributed by atoms with Gasteiger partial charge in [0.05, 0.1) is 20.8 Å². The SMILES string of the molecule is O=C(Nc1nc2ccc(NS(=O)(=O)c3ccc4c(c3)CCCC4)cc2s1)c1ccccc1. The monoisotopic (exact) mass is 463 g/mol. The number of thiazole rings is 1. The van der Waals surface area contributed by atoms with Crippen molar-refractivity contribution < 1.29 is 13.2 Å². The Hall–Kier alpha value is -3.23. The van der Waals surface area contributed by atoms with Gasteiger partial charge in [-0.3, -0.25) is 14.8 Å². The lowest BCUT2D eigenvalue weighted by molar-refractivity contribution is 0.102. The molecule has 1 heterocycles. The molecule has 1 aliphatic rings. The summed E-state index contributed by atoms with van der Waals surface area (Å²) in [6.07, 6.45) is 4.17. The van der Waals surface area contributed by atoms with E-state index in [9.17, 15) is 13.2 Å². The lowest BCUT2D eigenvalue weighted by atomic mass is 9.92. The highest BCUT2D eigenvalue weighted by Crippen LogP contribution is 2.30. The molecule has 32 heavy (non-hydrogen) atoms. The van der Waals surface area contributed by atoms with Crippen molar-refractivity contribution in [3.8, 4) is 0 Å². The second kappa shape index (κ2) is 8.37. The maximum atomic E-state index is 13.0. The molecule has 2 N–H and O–H groups in total. The predicted molar refractivity (Wildman–Crippen MR) is 128 cm³/mol. The number of benzene rings is 3. The Bertz CT molecular complexity index is 1410. The van der Waals surface area contributed by atoms with Crippen molar-refractivity contribution in [1.29, 1.82) is 0 Å². The number of amides is 1. The van der Waals surface area contributed by atoms with E-state index in [4.69, 9.17) is 0 Å². The molecule has 1 amide bonds. The number of hydrogen-bond acceptors (Lipinski definition) is 5. The number of sulfonamides is 1. The summed E-state index contributed by atoms with van der Waals surface area (Å²) in [5.74, 6) is -0.238.